The first-order valence-corrected chi connectivity index (χ1v) is 6.00. The predicted octanol–water partition coefficient (Wildman–Crippen LogP) is 3.63. The van der Waals surface area contributed by atoms with E-state index in [4.69, 9.17) is 4.74 Å². The average Bonchev–Trinajstić information content (AvgIpc) is 2.71. The molecule has 0 saturated heterocycles. The molecule has 0 radical (unpaired) electrons. The molecule has 1 atom stereocenters. The van der Waals surface area contributed by atoms with Crippen LogP contribution in [0.3, 0.4) is 0 Å². The summed E-state index contributed by atoms with van der Waals surface area (Å²) in [5, 5.41) is 0. The van der Waals surface area contributed by atoms with Gasteiger partial charge in [-0.15, -0.1) is 11.1 Å². The Labute approximate surface area is 123 Å². The summed E-state index contributed by atoms with van der Waals surface area (Å²) < 4.78 is 5.22. The minimum Gasteiger partial charge on any atom is -0.385 e. The van der Waals surface area contributed by atoms with Crippen molar-refractivity contribution >= 4 is 0 Å². The number of hydrogen-bond donors (Lipinski definition) is 0. The molecule has 1 unspecified atom stereocenters. The van der Waals surface area contributed by atoms with Gasteiger partial charge in [0.05, 0.1) is 0 Å². The summed E-state index contributed by atoms with van der Waals surface area (Å²) in [5.41, 5.74) is 5.44. The van der Waals surface area contributed by atoms with Gasteiger partial charge in [0.1, 0.15) is 0 Å². The maximum absolute atomic E-state index is 5.22. The van der Waals surface area contributed by atoms with Gasteiger partial charge in [-0.25, -0.2) is 0 Å². The van der Waals surface area contributed by atoms with Gasteiger partial charge in [-0.05, 0) is 17.9 Å². The van der Waals surface area contributed by atoms with Crippen molar-refractivity contribution in [2.75, 3.05) is 13.7 Å². The second kappa shape index (κ2) is 5.84. The number of hydrogen-bond acceptors (Lipinski definition) is 1. The molecule has 0 aromatic heterocycles. The Morgan fingerprint density at radius 1 is 1.11 bits per heavy atom. The van der Waals surface area contributed by atoms with E-state index < -0.39 is 0 Å². The van der Waals surface area contributed by atoms with Crippen molar-refractivity contribution in [1.29, 1.82) is 0 Å². The molecule has 0 aliphatic heterocycles. The molecule has 2 aromatic rings. The standard InChI is InChI=1S/C16H15O.Ti/c1-17-11-10-16-14-8-4-2-6-12(14)13-7-3-5-9-15(13)16;/h2-8,16H,10-11H2,1H3;/q-1;. The Morgan fingerprint density at radius 2 is 1.89 bits per heavy atom. The first-order valence-electron chi connectivity index (χ1n) is 6.00. The number of methoxy groups -OCH3 is 1. The molecular weight excluding hydrogens is 256 g/mol. The molecule has 0 N–H and O–H groups in total. The summed E-state index contributed by atoms with van der Waals surface area (Å²) in [6.07, 6.45) is 1.03. The second-order valence-electron chi connectivity index (χ2n) is 4.42. The zero-order chi connectivity index (χ0) is 11.7. The van der Waals surface area contributed by atoms with Crippen LogP contribution in [0, 0.1) is 6.07 Å². The molecule has 18 heavy (non-hydrogen) atoms. The fourth-order valence-electron chi connectivity index (χ4n) is 2.71. The molecule has 2 heteroatoms. The summed E-state index contributed by atoms with van der Waals surface area (Å²) in [6, 6.07) is 18.3. The Balaban J connectivity index is 0.00000120. The van der Waals surface area contributed by atoms with E-state index in [0.717, 1.165) is 13.0 Å². The molecule has 2 aromatic carbocycles. The minimum atomic E-state index is 0. The van der Waals surface area contributed by atoms with E-state index in [-0.39, 0.29) is 21.7 Å². The van der Waals surface area contributed by atoms with Crippen LogP contribution in [0.4, 0.5) is 0 Å². The fourth-order valence-corrected chi connectivity index (χ4v) is 2.71. The quantitative estimate of drug-likeness (QED) is 0.611. The molecule has 0 amide bonds. The van der Waals surface area contributed by atoms with Crippen molar-refractivity contribution in [3.05, 3.63) is 59.7 Å². The Morgan fingerprint density at radius 3 is 2.72 bits per heavy atom. The molecule has 0 saturated carbocycles. The third kappa shape index (κ3) is 2.19. The van der Waals surface area contributed by atoms with Crippen LogP contribution < -0.4 is 0 Å². The van der Waals surface area contributed by atoms with E-state index in [1.165, 1.54) is 22.3 Å². The summed E-state index contributed by atoms with van der Waals surface area (Å²) in [6.45, 7) is 0.793. The molecule has 90 valence electrons. The van der Waals surface area contributed by atoms with Crippen LogP contribution in [0.15, 0.2) is 42.5 Å². The van der Waals surface area contributed by atoms with Crippen LogP contribution in [-0.4, -0.2) is 13.7 Å². The number of fused-ring (bicyclic) bond motifs is 3. The van der Waals surface area contributed by atoms with Gasteiger partial charge in [0.15, 0.2) is 0 Å². The molecule has 0 heterocycles. The van der Waals surface area contributed by atoms with E-state index in [0.29, 0.717) is 5.92 Å². The monoisotopic (exact) mass is 271 g/mol. The summed E-state index contributed by atoms with van der Waals surface area (Å²) in [4.78, 5) is 0. The van der Waals surface area contributed by atoms with Crippen molar-refractivity contribution < 1.29 is 26.5 Å². The maximum Gasteiger partial charge on any atom is 0.0470 e. The van der Waals surface area contributed by atoms with Gasteiger partial charge >= 0.3 is 0 Å². The van der Waals surface area contributed by atoms with Gasteiger partial charge in [0.2, 0.25) is 0 Å². The van der Waals surface area contributed by atoms with Gasteiger partial charge in [0, 0.05) is 35.4 Å². The van der Waals surface area contributed by atoms with E-state index in [2.05, 4.69) is 42.5 Å². The topological polar surface area (TPSA) is 9.23 Å². The second-order valence-corrected chi connectivity index (χ2v) is 4.42. The van der Waals surface area contributed by atoms with Gasteiger partial charge in [0.25, 0.3) is 0 Å². The number of rotatable bonds is 3. The van der Waals surface area contributed by atoms with E-state index >= 15 is 0 Å². The van der Waals surface area contributed by atoms with Crippen molar-refractivity contribution in [3.63, 3.8) is 0 Å². The molecule has 0 bridgehead atoms. The van der Waals surface area contributed by atoms with Gasteiger partial charge in [-0.3, -0.25) is 0 Å². The van der Waals surface area contributed by atoms with Crippen LogP contribution in [0.2, 0.25) is 0 Å². The molecule has 1 nitrogen and oxygen atoms in total. The first kappa shape index (κ1) is 13.5. The Bertz CT molecular complexity index is 491. The van der Waals surface area contributed by atoms with Crippen LogP contribution in [0.5, 0.6) is 0 Å². The molecule has 0 spiro atoms. The van der Waals surface area contributed by atoms with E-state index in [1.54, 1.807) is 7.11 Å². The largest absolute Gasteiger partial charge is 0.385 e. The van der Waals surface area contributed by atoms with Gasteiger partial charge in [-0.1, -0.05) is 29.8 Å². The third-order valence-electron chi connectivity index (χ3n) is 3.47. The van der Waals surface area contributed by atoms with Crippen molar-refractivity contribution in [2.45, 2.75) is 12.3 Å². The van der Waals surface area contributed by atoms with Crippen LogP contribution in [0.25, 0.3) is 11.1 Å². The third-order valence-corrected chi connectivity index (χ3v) is 3.47. The predicted molar refractivity (Wildman–Crippen MR) is 69.1 cm³/mol. The summed E-state index contributed by atoms with van der Waals surface area (Å²) in [7, 11) is 1.76. The molecule has 1 aliphatic carbocycles. The fraction of sp³-hybridized carbons (Fsp3) is 0.250. The SMILES string of the molecule is COCCC1c2[c-]cccc2-c2ccccc21.[Ti]. The van der Waals surface area contributed by atoms with Crippen molar-refractivity contribution in [1.82, 2.24) is 0 Å². The number of ether oxygens (including phenoxy) is 1. The summed E-state index contributed by atoms with van der Waals surface area (Å²) in [5.74, 6) is 0.447. The average molecular weight is 271 g/mol. The molecular formula is C16H15OTi-. The van der Waals surface area contributed by atoms with E-state index in [9.17, 15) is 0 Å². The Hall–Kier alpha value is -0.886. The Kier molecular flexibility index (Phi) is 4.39. The zero-order valence-electron chi connectivity index (χ0n) is 10.4. The van der Waals surface area contributed by atoms with Crippen LogP contribution in [-0.2, 0) is 26.5 Å². The first-order chi connectivity index (χ1) is 8.42. The van der Waals surface area contributed by atoms with E-state index in [1.807, 2.05) is 6.07 Å². The number of benzene rings is 2. The van der Waals surface area contributed by atoms with Gasteiger partial charge < -0.3 is 4.74 Å². The van der Waals surface area contributed by atoms with Gasteiger partial charge in [-0.2, -0.15) is 24.3 Å². The van der Waals surface area contributed by atoms with Crippen molar-refractivity contribution in [2.24, 2.45) is 0 Å². The van der Waals surface area contributed by atoms with Crippen LogP contribution in [0.1, 0.15) is 23.5 Å². The summed E-state index contributed by atoms with van der Waals surface area (Å²) >= 11 is 0. The smallest absolute Gasteiger partial charge is 0.0470 e. The molecule has 3 rings (SSSR count). The maximum atomic E-state index is 5.22. The minimum absolute atomic E-state index is 0. The molecule has 0 fully saturated rings. The zero-order valence-corrected chi connectivity index (χ0v) is 12.0. The molecule has 1 aliphatic rings. The van der Waals surface area contributed by atoms with Crippen LogP contribution >= 0.6 is 0 Å². The van der Waals surface area contributed by atoms with Crippen molar-refractivity contribution in [3.8, 4) is 11.1 Å². The normalized spacial score (nSPS) is 15.7.